The van der Waals surface area contributed by atoms with E-state index in [4.69, 9.17) is 9.47 Å². The zero-order chi connectivity index (χ0) is 17.5. The second-order valence-corrected chi connectivity index (χ2v) is 7.21. The molecular weight excluding hydrogens is 360 g/mol. The molecule has 1 rings (SSSR count). The van der Waals surface area contributed by atoms with Crippen molar-refractivity contribution in [1.82, 2.24) is 10.6 Å². The van der Waals surface area contributed by atoms with E-state index in [2.05, 4.69) is 26.6 Å². The van der Waals surface area contributed by atoms with Crippen LogP contribution in [0.15, 0.2) is 22.7 Å². The van der Waals surface area contributed by atoms with Crippen molar-refractivity contribution < 1.29 is 14.3 Å². The Kier molecular flexibility index (Phi) is 7.85. The van der Waals surface area contributed by atoms with Gasteiger partial charge in [0.15, 0.2) is 0 Å². The number of methoxy groups -OCH3 is 1. The molecule has 1 atom stereocenters. The molecule has 23 heavy (non-hydrogen) atoms. The number of hydrogen-bond acceptors (Lipinski definition) is 4. The number of carbonyl (C=O) groups is 1. The van der Waals surface area contributed by atoms with Crippen LogP contribution in [0.5, 0.6) is 5.75 Å². The van der Waals surface area contributed by atoms with E-state index in [9.17, 15) is 4.79 Å². The highest BCUT2D eigenvalue weighted by Gasteiger charge is 2.18. The Labute approximate surface area is 147 Å². The summed E-state index contributed by atoms with van der Waals surface area (Å²) in [4.78, 5) is 11.8. The predicted molar refractivity (Wildman–Crippen MR) is 95.8 cm³/mol. The van der Waals surface area contributed by atoms with Crippen molar-refractivity contribution in [2.24, 2.45) is 0 Å². The van der Waals surface area contributed by atoms with Crippen LogP contribution in [0.2, 0.25) is 0 Å². The third-order valence-electron chi connectivity index (χ3n) is 3.15. The number of alkyl carbamates (subject to hydrolysis) is 1. The fourth-order valence-electron chi connectivity index (χ4n) is 1.98. The van der Waals surface area contributed by atoms with Crippen molar-refractivity contribution in [3.05, 3.63) is 28.2 Å². The molecule has 6 heteroatoms. The molecule has 0 saturated carbocycles. The van der Waals surface area contributed by atoms with Crippen LogP contribution in [0.25, 0.3) is 0 Å². The molecular formula is C17H27BrN2O3. The number of ether oxygens (including phenoxy) is 2. The molecule has 1 aromatic rings. The van der Waals surface area contributed by atoms with Crippen LogP contribution in [0, 0.1) is 0 Å². The highest BCUT2D eigenvalue weighted by atomic mass is 79.9. The van der Waals surface area contributed by atoms with Gasteiger partial charge in [-0.05, 0) is 60.8 Å². The topological polar surface area (TPSA) is 59.6 Å². The summed E-state index contributed by atoms with van der Waals surface area (Å²) >= 11 is 3.48. The minimum Gasteiger partial charge on any atom is -0.496 e. The smallest absolute Gasteiger partial charge is 0.407 e. The van der Waals surface area contributed by atoms with Crippen molar-refractivity contribution in [3.8, 4) is 5.75 Å². The van der Waals surface area contributed by atoms with E-state index >= 15 is 0 Å². The highest BCUT2D eigenvalue weighted by molar-refractivity contribution is 9.10. The third kappa shape index (κ3) is 7.70. The third-order valence-corrected chi connectivity index (χ3v) is 3.77. The van der Waals surface area contributed by atoms with E-state index in [1.165, 1.54) is 0 Å². The van der Waals surface area contributed by atoms with Crippen molar-refractivity contribution in [2.45, 2.75) is 52.3 Å². The standard InChI is InChI=1S/C17H27BrN2O3/c1-6-13(20-16(21)23-17(2,3)4)11-19-10-12-7-8-15(22-5)14(18)9-12/h7-9,13,19H,6,10-11H2,1-5H3,(H,20,21). The molecule has 0 aliphatic heterocycles. The van der Waals surface area contributed by atoms with E-state index in [1.54, 1.807) is 7.11 Å². The number of carbonyl (C=O) groups excluding carboxylic acids is 1. The highest BCUT2D eigenvalue weighted by Crippen LogP contribution is 2.25. The SMILES string of the molecule is CCC(CNCc1ccc(OC)c(Br)c1)NC(=O)OC(C)(C)C. The summed E-state index contributed by atoms with van der Waals surface area (Å²) < 4.78 is 11.4. The van der Waals surface area contributed by atoms with Crippen molar-refractivity contribution >= 4 is 22.0 Å². The molecule has 0 saturated heterocycles. The van der Waals surface area contributed by atoms with Gasteiger partial charge in [0.05, 0.1) is 11.6 Å². The van der Waals surface area contributed by atoms with E-state index in [0.717, 1.165) is 28.8 Å². The van der Waals surface area contributed by atoms with Crippen LogP contribution in [-0.4, -0.2) is 31.4 Å². The summed E-state index contributed by atoms with van der Waals surface area (Å²) in [5.74, 6) is 0.812. The maximum atomic E-state index is 11.8. The molecule has 0 heterocycles. The lowest BCUT2D eigenvalue weighted by Crippen LogP contribution is -2.43. The quantitative estimate of drug-likeness (QED) is 0.746. The molecule has 0 fully saturated rings. The molecule has 0 aliphatic carbocycles. The molecule has 0 bridgehead atoms. The average Bonchev–Trinajstić information content (AvgIpc) is 2.44. The maximum Gasteiger partial charge on any atom is 0.407 e. The van der Waals surface area contributed by atoms with Gasteiger partial charge < -0.3 is 20.1 Å². The first-order chi connectivity index (χ1) is 10.7. The summed E-state index contributed by atoms with van der Waals surface area (Å²) in [7, 11) is 1.65. The molecule has 0 aliphatic rings. The van der Waals surface area contributed by atoms with Crippen molar-refractivity contribution in [2.75, 3.05) is 13.7 Å². The number of rotatable bonds is 7. The van der Waals surface area contributed by atoms with Crippen molar-refractivity contribution in [3.63, 3.8) is 0 Å². The van der Waals surface area contributed by atoms with Gasteiger partial charge in [0.25, 0.3) is 0 Å². The first kappa shape index (κ1) is 19.8. The van der Waals surface area contributed by atoms with Crippen molar-refractivity contribution in [1.29, 1.82) is 0 Å². The number of benzene rings is 1. The molecule has 0 aromatic heterocycles. The number of nitrogens with one attached hydrogen (secondary N) is 2. The van der Waals surface area contributed by atoms with Gasteiger partial charge in [-0.25, -0.2) is 4.79 Å². The van der Waals surface area contributed by atoms with E-state index in [0.29, 0.717) is 6.54 Å². The summed E-state index contributed by atoms with van der Waals surface area (Å²) in [6.45, 7) is 9.00. The number of amides is 1. The summed E-state index contributed by atoms with van der Waals surface area (Å²) in [5.41, 5.74) is 0.662. The van der Waals surface area contributed by atoms with Gasteiger partial charge in [-0.2, -0.15) is 0 Å². The maximum absolute atomic E-state index is 11.8. The van der Waals surface area contributed by atoms with Gasteiger partial charge in [-0.3, -0.25) is 0 Å². The molecule has 2 N–H and O–H groups in total. The lowest BCUT2D eigenvalue weighted by atomic mass is 10.2. The minimum absolute atomic E-state index is 0.0338. The van der Waals surface area contributed by atoms with Crippen LogP contribution >= 0.6 is 15.9 Å². The Morgan fingerprint density at radius 1 is 1.35 bits per heavy atom. The monoisotopic (exact) mass is 386 g/mol. The predicted octanol–water partition coefficient (Wildman–Crippen LogP) is 3.85. The fraction of sp³-hybridized carbons (Fsp3) is 0.588. The summed E-state index contributed by atoms with van der Waals surface area (Å²) in [6, 6.07) is 6.00. The van der Waals surface area contributed by atoms with Crippen LogP contribution in [0.1, 0.15) is 39.7 Å². The lowest BCUT2D eigenvalue weighted by Gasteiger charge is -2.23. The van der Waals surface area contributed by atoms with Gasteiger partial charge in [0.1, 0.15) is 11.4 Å². The second kappa shape index (κ2) is 9.13. The number of halogens is 1. The molecule has 1 unspecified atom stereocenters. The van der Waals surface area contributed by atoms with Crippen LogP contribution < -0.4 is 15.4 Å². The zero-order valence-corrected chi connectivity index (χ0v) is 16.1. The van der Waals surface area contributed by atoms with Gasteiger partial charge in [0.2, 0.25) is 0 Å². The first-order valence-corrected chi connectivity index (χ1v) is 8.57. The van der Waals surface area contributed by atoms with Crippen LogP contribution in [0.3, 0.4) is 0 Å². The zero-order valence-electron chi connectivity index (χ0n) is 14.5. The van der Waals surface area contributed by atoms with E-state index < -0.39 is 5.60 Å². The minimum atomic E-state index is -0.481. The van der Waals surface area contributed by atoms with Gasteiger partial charge >= 0.3 is 6.09 Å². The molecule has 1 amide bonds. The Hall–Kier alpha value is -1.27. The van der Waals surface area contributed by atoms with Gasteiger partial charge in [-0.1, -0.05) is 13.0 Å². The Bertz CT molecular complexity index is 515. The van der Waals surface area contributed by atoms with Gasteiger partial charge in [0, 0.05) is 19.1 Å². The molecule has 130 valence electrons. The normalized spacial score (nSPS) is 12.6. The van der Waals surface area contributed by atoms with Crippen LogP contribution in [0.4, 0.5) is 4.79 Å². The summed E-state index contributed by atoms with van der Waals surface area (Å²) in [6.07, 6.45) is 0.455. The second-order valence-electron chi connectivity index (χ2n) is 6.35. The summed E-state index contributed by atoms with van der Waals surface area (Å²) in [5, 5.41) is 6.24. The van der Waals surface area contributed by atoms with E-state index in [-0.39, 0.29) is 12.1 Å². The van der Waals surface area contributed by atoms with Crippen LogP contribution in [-0.2, 0) is 11.3 Å². The fourth-order valence-corrected chi connectivity index (χ4v) is 2.57. The first-order valence-electron chi connectivity index (χ1n) is 7.77. The largest absolute Gasteiger partial charge is 0.496 e. The lowest BCUT2D eigenvalue weighted by molar-refractivity contribution is 0.0502. The average molecular weight is 387 g/mol. The van der Waals surface area contributed by atoms with Gasteiger partial charge in [-0.15, -0.1) is 0 Å². The molecule has 5 nitrogen and oxygen atoms in total. The molecule has 0 spiro atoms. The molecule has 0 radical (unpaired) electrons. The Morgan fingerprint density at radius 3 is 2.57 bits per heavy atom. The van der Waals surface area contributed by atoms with E-state index in [1.807, 2.05) is 45.9 Å². The Morgan fingerprint density at radius 2 is 2.04 bits per heavy atom. The number of hydrogen-bond donors (Lipinski definition) is 2. The Balaban J connectivity index is 2.43. The molecule has 1 aromatic carbocycles.